The smallest absolute Gasteiger partial charge is 0.338 e. The quantitative estimate of drug-likeness (QED) is 0.173. The molecule has 0 amide bonds. The fraction of sp³-hybridized carbons (Fsp3) is 0.182. The molecule has 1 aliphatic rings. The number of fused-ring (bicyclic) bond motifs is 2. The first-order valence-corrected chi connectivity index (χ1v) is 16.1. The summed E-state index contributed by atoms with van der Waals surface area (Å²) in [6, 6.07) is 18.4. The van der Waals surface area contributed by atoms with Crippen molar-refractivity contribution in [2.24, 2.45) is 4.99 Å². The minimum Gasteiger partial charge on any atom is -0.496 e. The molecule has 0 saturated heterocycles. The van der Waals surface area contributed by atoms with Gasteiger partial charge in [-0.25, -0.2) is 9.79 Å². The number of para-hydroxylation sites is 1. The van der Waals surface area contributed by atoms with Crippen LogP contribution in [0.4, 0.5) is 0 Å². The molecule has 0 N–H and O–H groups in total. The van der Waals surface area contributed by atoms with Crippen molar-refractivity contribution in [2.45, 2.75) is 26.4 Å². The molecule has 1 unspecified atom stereocenters. The van der Waals surface area contributed by atoms with Gasteiger partial charge in [0.2, 0.25) is 0 Å². The summed E-state index contributed by atoms with van der Waals surface area (Å²) in [7, 11) is 1.58. The van der Waals surface area contributed by atoms with Crippen molar-refractivity contribution < 1.29 is 14.3 Å². The van der Waals surface area contributed by atoms with E-state index in [-0.39, 0.29) is 12.2 Å². The monoisotopic (exact) mass is 709 g/mol. The summed E-state index contributed by atoms with van der Waals surface area (Å²) < 4.78 is 15.7. The first-order chi connectivity index (χ1) is 21.2. The highest BCUT2D eigenvalue weighted by Gasteiger charge is 2.33. The number of halogens is 3. The second kappa shape index (κ2) is 12.4. The van der Waals surface area contributed by atoms with E-state index in [0.717, 1.165) is 27.6 Å². The Morgan fingerprint density at radius 2 is 1.91 bits per heavy atom. The van der Waals surface area contributed by atoms with Crippen molar-refractivity contribution in [3.63, 3.8) is 0 Å². The largest absolute Gasteiger partial charge is 0.496 e. The Balaban J connectivity index is 1.51. The lowest BCUT2D eigenvalue weighted by Crippen LogP contribution is -2.39. The van der Waals surface area contributed by atoms with E-state index in [1.165, 1.54) is 11.3 Å². The van der Waals surface area contributed by atoms with E-state index in [1.807, 2.05) is 60.8 Å². The van der Waals surface area contributed by atoms with Crippen LogP contribution in [-0.2, 0) is 16.1 Å². The third-order valence-electron chi connectivity index (χ3n) is 7.45. The minimum atomic E-state index is -0.731. The SMILES string of the molecule is CCOC(=O)C1=C(C)N=c2s/c(=C/c3cn(Cc4ccc(Cl)c(Cl)c4)c4ccccc34)c(=O)n2C1c1ccc(OC)c(Br)c1. The second-order valence-electron chi connectivity index (χ2n) is 10.2. The van der Waals surface area contributed by atoms with Crippen LogP contribution in [0.3, 0.4) is 0 Å². The lowest BCUT2D eigenvalue weighted by atomic mass is 9.96. The number of hydrogen-bond acceptors (Lipinski definition) is 6. The van der Waals surface area contributed by atoms with Crippen molar-refractivity contribution in [1.29, 1.82) is 0 Å². The van der Waals surface area contributed by atoms with Gasteiger partial charge in [0.1, 0.15) is 5.75 Å². The zero-order chi connectivity index (χ0) is 31.1. The Hall–Kier alpha value is -3.63. The van der Waals surface area contributed by atoms with Crippen LogP contribution in [-0.4, -0.2) is 28.8 Å². The number of thiazole rings is 1. The summed E-state index contributed by atoms with van der Waals surface area (Å²) in [4.78, 5) is 32.6. The highest BCUT2D eigenvalue weighted by Crippen LogP contribution is 2.35. The van der Waals surface area contributed by atoms with Crippen molar-refractivity contribution in [1.82, 2.24) is 9.13 Å². The molecule has 1 aliphatic heterocycles. The molecule has 1 atom stereocenters. The molecule has 0 bridgehead atoms. The number of nitrogens with zero attached hydrogens (tertiary/aromatic N) is 3. The zero-order valence-electron chi connectivity index (χ0n) is 23.9. The second-order valence-corrected chi connectivity index (χ2v) is 12.9. The van der Waals surface area contributed by atoms with Crippen molar-refractivity contribution in [3.05, 3.63) is 129 Å². The van der Waals surface area contributed by atoms with Gasteiger partial charge in [0.05, 0.1) is 50.1 Å². The van der Waals surface area contributed by atoms with Gasteiger partial charge in [-0.1, -0.05) is 64.9 Å². The maximum Gasteiger partial charge on any atom is 0.338 e. The topological polar surface area (TPSA) is 74.8 Å². The molecule has 44 heavy (non-hydrogen) atoms. The summed E-state index contributed by atoms with van der Waals surface area (Å²) in [6.45, 7) is 4.29. The van der Waals surface area contributed by atoms with Gasteiger partial charge in [-0.2, -0.15) is 0 Å². The van der Waals surface area contributed by atoms with Gasteiger partial charge in [-0.15, -0.1) is 0 Å². The van der Waals surface area contributed by atoms with E-state index in [2.05, 4.69) is 20.5 Å². The normalized spacial score (nSPS) is 15.0. The summed E-state index contributed by atoms with van der Waals surface area (Å²) in [6.07, 6.45) is 3.92. The summed E-state index contributed by atoms with van der Waals surface area (Å²) >= 11 is 17.3. The summed E-state index contributed by atoms with van der Waals surface area (Å²) in [5.74, 6) is 0.127. The highest BCUT2D eigenvalue weighted by molar-refractivity contribution is 9.10. The van der Waals surface area contributed by atoms with Crippen LogP contribution in [0.15, 0.2) is 92.4 Å². The number of allylic oxidation sites excluding steroid dienone is 1. The molecule has 224 valence electrons. The predicted molar refractivity (Wildman–Crippen MR) is 179 cm³/mol. The number of carbonyl (C=O) groups excluding carboxylic acids is 1. The number of hydrogen-bond donors (Lipinski definition) is 0. The van der Waals surface area contributed by atoms with Crippen molar-refractivity contribution >= 4 is 73.4 Å². The van der Waals surface area contributed by atoms with Crippen LogP contribution < -0.4 is 19.6 Å². The van der Waals surface area contributed by atoms with Crippen LogP contribution in [0.5, 0.6) is 5.75 Å². The molecule has 11 heteroatoms. The maximum atomic E-state index is 14.2. The fourth-order valence-corrected chi connectivity index (χ4v) is 7.37. The maximum absolute atomic E-state index is 14.2. The van der Waals surface area contributed by atoms with Crippen LogP contribution in [0.1, 0.15) is 36.6 Å². The van der Waals surface area contributed by atoms with E-state index in [1.54, 1.807) is 37.7 Å². The van der Waals surface area contributed by atoms with E-state index in [0.29, 0.717) is 47.4 Å². The Morgan fingerprint density at radius 3 is 2.64 bits per heavy atom. The molecular weight excluding hydrogens is 685 g/mol. The van der Waals surface area contributed by atoms with E-state index < -0.39 is 12.0 Å². The number of methoxy groups -OCH3 is 1. The van der Waals surface area contributed by atoms with Crippen LogP contribution in [0.2, 0.25) is 10.0 Å². The van der Waals surface area contributed by atoms with E-state index in [9.17, 15) is 9.59 Å². The van der Waals surface area contributed by atoms with Gasteiger partial charge in [-0.05, 0) is 77.3 Å². The number of benzene rings is 3. The molecule has 2 aromatic heterocycles. The average molecular weight is 711 g/mol. The number of carbonyl (C=O) groups is 1. The molecule has 3 aromatic carbocycles. The molecule has 0 fully saturated rings. The Kier molecular flexibility index (Phi) is 8.57. The lowest BCUT2D eigenvalue weighted by Gasteiger charge is -2.25. The zero-order valence-corrected chi connectivity index (χ0v) is 27.9. The first-order valence-electron chi connectivity index (χ1n) is 13.7. The van der Waals surface area contributed by atoms with E-state index in [4.69, 9.17) is 37.7 Å². The Morgan fingerprint density at radius 1 is 1.11 bits per heavy atom. The Labute approximate surface area is 275 Å². The van der Waals surface area contributed by atoms with Gasteiger partial charge in [0.25, 0.3) is 5.56 Å². The fourth-order valence-electron chi connectivity index (χ4n) is 5.46. The third kappa shape index (κ3) is 5.54. The molecule has 5 aromatic rings. The molecule has 0 aliphatic carbocycles. The lowest BCUT2D eigenvalue weighted by molar-refractivity contribution is -0.139. The summed E-state index contributed by atoms with van der Waals surface area (Å²) in [5, 5.41) is 2.00. The molecule has 7 nitrogen and oxygen atoms in total. The van der Waals surface area contributed by atoms with Crippen molar-refractivity contribution in [2.75, 3.05) is 13.7 Å². The third-order valence-corrected chi connectivity index (χ3v) is 9.79. The van der Waals surface area contributed by atoms with Crippen LogP contribution in [0, 0.1) is 0 Å². The Bertz CT molecular complexity index is 2170. The minimum absolute atomic E-state index is 0.200. The van der Waals surface area contributed by atoms with Gasteiger partial charge in [0.15, 0.2) is 4.80 Å². The molecule has 0 radical (unpaired) electrons. The molecule has 6 rings (SSSR count). The van der Waals surface area contributed by atoms with Gasteiger partial charge >= 0.3 is 5.97 Å². The first kappa shape index (κ1) is 30.4. The standard InChI is InChI=1S/C33H26BrCl2N3O4S/c1-4-43-32(41)29-18(2)37-33-39(30(29)20-10-12-27(42-3)23(34)14-20)31(40)28(44-33)15-21-17-38(26-8-6-5-7-22(21)26)16-19-9-11-24(35)25(36)13-19/h5-15,17,30H,4,16H2,1-3H3/b28-15+. The van der Waals surface area contributed by atoms with Gasteiger partial charge < -0.3 is 14.0 Å². The van der Waals surface area contributed by atoms with Crippen LogP contribution >= 0.6 is 50.5 Å². The summed E-state index contributed by atoms with van der Waals surface area (Å²) in [5.41, 5.74) is 4.20. The molecular formula is C33H26BrCl2N3O4S. The predicted octanol–water partition coefficient (Wildman–Crippen LogP) is 6.88. The van der Waals surface area contributed by atoms with Gasteiger partial charge in [-0.3, -0.25) is 9.36 Å². The number of rotatable bonds is 7. The molecule has 3 heterocycles. The number of ether oxygens (including phenoxy) is 2. The molecule has 0 saturated carbocycles. The van der Waals surface area contributed by atoms with E-state index >= 15 is 0 Å². The number of aromatic nitrogens is 2. The number of esters is 1. The highest BCUT2D eigenvalue weighted by atomic mass is 79.9. The molecule has 0 spiro atoms. The van der Waals surface area contributed by atoms with Crippen molar-refractivity contribution in [3.8, 4) is 5.75 Å². The average Bonchev–Trinajstić information content (AvgIpc) is 3.50. The van der Waals surface area contributed by atoms with Crippen LogP contribution in [0.25, 0.3) is 17.0 Å². The van der Waals surface area contributed by atoms with Gasteiger partial charge in [0, 0.05) is 29.2 Å².